The monoisotopic (exact) mass is 313 g/mol. The van der Waals surface area contributed by atoms with Gasteiger partial charge < -0.3 is 9.72 Å². The molecular formula is C17H12ClNO3. The summed E-state index contributed by atoms with van der Waals surface area (Å²) in [5.74, 6) is 0.536. The van der Waals surface area contributed by atoms with Crippen LogP contribution in [0.3, 0.4) is 0 Å². The van der Waals surface area contributed by atoms with E-state index in [1.807, 2.05) is 31.2 Å². The highest BCUT2D eigenvalue weighted by Gasteiger charge is 2.18. The van der Waals surface area contributed by atoms with E-state index < -0.39 is 11.0 Å². The number of Topliss-reactive ketones (excluding diaryl/α,β-unsaturated/α-hetero) is 1. The third kappa shape index (κ3) is 2.73. The van der Waals surface area contributed by atoms with Gasteiger partial charge in [0, 0.05) is 17.1 Å². The van der Waals surface area contributed by atoms with Crippen molar-refractivity contribution in [3.05, 3.63) is 59.8 Å². The van der Waals surface area contributed by atoms with Gasteiger partial charge in [0.1, 0.15) is 11.5 Å². The van der Waals surface area contributed by atoms with Crippen LogP contribution in [0.5, 0.6) is 11.5 Å². The minimum atomic E-state index is -1.01. The van der Waals surface area contributed by atoms with Crippen LogP contribution in [0, 0.1) is 6.92 Å². The van der Waals surface area contributed by atoms with Crippen LogP contribution in [0.4, 0.5) is 0 Å². The van der Waals surface area contributed by atoms with Crippen LogP contribution in [0.2, 0.25) is 0 Å². The van der Waals surface area contributed by atoms with Gasteiger partial charge in [-0.1, -0.05) is 17.7 Å². The van der Waals surface area contributed by atoms with Gasteiger partial charge in [-0.15, -0.1) is 0 Å². The molecule has 22 heavy (non-hydrogen) atoms. The largest absolute Gasteiger partial charge is 0.457 e. The van der Waals surface area contributed by atoms with E-state index in [1.165, 1.54) is 6.20 Å². The minimum absolute atomic E-state index is 0.240. The summed E-state index contributed by atoms with van der Waals surface area (Å²) in [6.07, 6.45) is 1.48. The van der Waals surface area contributed by atoms with Gasteiger partial charge in [-0.05, 0) is 48.9 Å². The number of aromatic nitrogens is 1. The summed E-state index contributed by atoms with van der Waals surface area (Å²) in [5, 5.41) is -0.408. The molecule has 2 aromatic carbocycles. The molecule has 4 nitrogen and oxygen atoms in total. The summed E-state index contributed by atoms with van der Waals surface area (Å²) >= 11 is 5.27. The quantitative estimate of drug-likeness (QED) is 0.446. The summed E-state index contributed by atoms with van der Waals surface area (Å²) in [6.45, 7) is 2.00. The second-order valence-electron chi connectivity index (χ2n) is 4.93. The molecule has 110 valence electrons. The maximum atomic E-state index is 11.8. The molecule has 0 aliphatic rings. The Hall–Kier alpha value is -2.59. The fraction of sp³-hybridized carbons (Fsp3) is 0.0588. The van der Waals surface area contributed by atoms with Gasteiger partial charge >= 0.3 is 0 Å². The van der Waals surface area contributed by atoms with Gasteiger partial charge in [0.2, 0.25) is 5.78 Å². The Balaban J connectivity index is 1.98. The number of carbonyl (C=O) groups is 2. The predicted molar refractivity (Wildman–Crippen MR) is 84.7 cm³/mol. The predicted octanol–water partition coefficient (Wildman–Crippen LogP) is 4.22. The zero-order valence-corrected chi connectivity index (χ0v) is 12.5. The van der Waals surface area contributed by atoms with Crippen LogP contribution in [-0.4, -0.2) is 16.0 Å². The molecular weight excluding hydrogens is 302 g/mol. The average Bonchev–Trinajstić information content (AvgIpc) is 2.92. The number of H-pyrrole nitrogens is 1. The first-order valence-electron chi connectivity index (χ1n) is 6.64. The summed E-state index contributed by atoms with van der Waals surface area (Å²) in [5.41, 5.74) is 2.11. The Morgan fingerprint density at radius 1 is 1.05 bits per heavy atom. The maximum absolute atomic E-state index is 11.8. The van der Waals surface area contributed by atoms with Crippen LogP contribution in [-0.2, 0) is 4.79 Å². The van der Waals surface area contributed by atoms with Crippen molar-refractivity contribution in [3.63, 3.8) is 0 Å². The van der Waals surface area contributed by atoms with E-state index in [1.54, 1.807) is 18.2 Å². The first-order chi connectivity index (χ1) is 10.5. The average molecular weight is 314 g/mol. The van der Waals surface area contributed by atoms with Gasteiger partial charge in [-0.3, -0.25) is 9.59 Å². The molecule has 0 fully saturated rings. The molecule has 0 aliphatic heterocycles. The number of rotatable bonds is 4. The fourth-order valence-electron chi connectivity index (χ4n) is 2.20. The Kier molecular flexibility index (Phi) is 3.69. The van der Waals surface area contributed by atoms with Crippen LogP contribution in [0.1, 0.15) is 15.9 Å². The molecule has 0 aliphatic carbocycles. The summed E-state index contributed by atoms with van der Waals surface area (Å²) in [4.78, 5) is 25.8. The molecule has 0 amide bonds. The number of nitrogens with one attached hydrogen (secondary N) is 1. The Morgan fingerprint density at radius 3 is 2.41 bits per heavy atom. The number of ether oxygens (including phenoxy) is 1. The Bertz CT molecular complexity index is 865. The number of aryl methyl sites for hydroxylation is 1. The van der Waals surface area contributed by atoms with E-state index >= 15 is 0 Å². The van der Waals surface area contributed by atoms with E-state index in [0.717, 1.165) is 11.1 Å². The molecule has 3 rings (SSSR count). The highest BCUT2D eigenvalue weighted by atomic mass is 35.5. The third-order valence-corrected chi connectivity index (χ3v) is 3.50. The van der Waals surface area contributed by atoms with E-state index in [9.17, 15) is 9.59 Å². The lowest BCUT2D eigenvalue weighted by Gasteiger charge is -2.06. The van der Waals surface area contributed by atoms with Crippen molar-refractivity contribution >= 4 is 33.5 Å². The number of halogens is 1. The van der Waals surface area contributed by atoms with E-state index in [-0.39, 0.29) is 5.56 Å². The SMILES string of the molecule is Cc1ccc(Oc2ccc3[nH]cc(C(=O)C(=O)Cl)c3c2)cc1. The topological polar surface area (TPSA) is 59.2 Å². The first-order valence-corrected chi connectivity index (χ1v) is 7.02. The molecule has 0 saturated carbocycles. The number of hydrogen-bond acceptors (Lipinski definition) is 3. The van der Waals surface area contributed by atoms with Gasteiger partial charge in [0.25, 0.3) is 5.24 Å². The van der Waals surface area contributed by atoms with Crippen molar-refractivity contribution in [2.75, 3.05) is 0 Å². The molecule has 0 saturated heterocycles. The van der Waals surface area contributed by atoms with Crippen LogP contribution >= 0.6 is 11.6 Å². The lowest BCUT2D eigenvalue weighted by molar-refractivity contribution is -0.108. The fourth-order valence-corrected chi connectivity index (χ4v) is 2.30. The molecule has 1 N–H and O–H groups in total. The van der Waals surface area contributed by atoms with Crippen molar-refractivity contribution in [1.82, 2.24) is 4.98 Å². The van der Waals surface area contributed by atoms with Crippen molar-refractivity contribution in [3.8, 4) is 11.5 Å². The Morgan fingerprint density at radius 2 is 1.73 bits per heavy atom. The van der Waals surface area contributed by atoms with Crippen molar-refractivity contribution < 1.29 is 14.3 Å². The summed E-state index contributed by atoms with van der Waals surface area (Å²) < 4.78 is 5.76. The van der Waals surface area contributed by atoms with E-state index in [4.69, 9.17) is 16.3 Å². The standard InChI is InChI=1S/C17H12ClNO3/c1-10-2-4-11(5-3-10)22-12-6-7-15-13(8-12)14(9-19-15)16(20)17(18)21/h2-9,19H,1H3. The van der Waals surface area contributed by atoms with Crippen LogP contribution in [0.25, 0.3) is 10.9 Å². The zero-order valence-electron chi connectivity index (χ0n) is 11.7. The molecule has 3 aromatic rings. The Labute approximate surface area is 131 Å². The lowest BCUT2D eigenvalue weighted by atomic mass is 10.1. The highest BCUT2D eigenvalue weighted by molar-refractivity contribution is 6.83. The van der Waals surface area contributed by atoms with Gasteiger partial charge in [0.15, 0.2) is 0 Å². The molecule has 0 atom stereocenters. The summed E-state index contributed by atoms with van der Waals surface area (Å²) in [6, 6.07) is 12.9. The van der Waals surface area contributed by atoms with Gasteiger partial charge in [-0.2, -0.15) is 0 Å². The molecule has 0 unspecified atom stereocenters. The normalized spacial score (nSPS) is 10.6. The second kappa shape index (κ2) is 5.66. The lowest BCUT2D eigenvalue weighted by Crippen LogP contribution is -2.06. The summed E-state index contributed by atoms with van der Waals surface area (Å²) in [7, 11) is 0. The zero-order chi connectivity index (χ0) is 15.7. The number of ketones is 1. The molecule has 5 heteroatoms. The number of hydrogen-bond donors (Lipinski definition) is 1. The minimum Gasteiger partial charge on any atom is -0.457 e. The van der Waals surface area contributed by atoms with E-state index in [0.29, 0.717) is 16.9 Å². The van der Waals surface area contributed by atoms with Crippen molar-refractivity contribution in [1.29, 1.82) is 0 Å². The van der Waals surface area contributed by atoms with Crippen molar-refractivity contribution in [2.24, 2.45) is 0 Å². The number of aromatic amines is 1. The second-order valence-corrected chi connectivity index (χ2v) is 5.27. The van der Waals surface area contributed by atoms with Gasteiger partial charge in [0.05, 0.1) is 5.56 Å². The highest BCUT2D eigenvalue weighted by Crippen LogP contribution is 2.28. The first kappa shape index (κ1) is 14.4. The number of carbonyl (C=O) groups excluding carboxylic acids is 2. The van der Waals surface area contributed by atoms with E-state index in [2.05, 4.69) is 4.98 Å². The molecule has 0 radical (unpaired) electrons. The molecule has 1 aromatic heterocycles. The van der Waals surface area contributed by atoms with Crippen LogP contribution in [0.15, 0.2) is 48.7 Å². The molecule has 0 bridgehead atoms. The molecule has 0 spiro atoms. The number of fused-ring (bicyclic) bond motifs is 1. The third-order valence-electron chi connectivity index (χ3n) is 3.33. The number of benzene rings is 2. The van der Waals surface area contributed by atoms with Crippen molar-refractivity contribution in [2.45, 2.75) is 6.92 Å². The van der Waals surface area contributed by atoms with Crippen LogP contribution < -0.4 is 4.74 Å². The van der Waals surface area contributed by atoms with Gasteiger partial charge in [-0.25, -0.2) is 0 Å². The maximum Gasteiger partial charge on any atom is 0.293 e. The molecule has 1 heterocycles. The smallest absolute Gasteiger partial charge is 0.293 e.